The zero-order valence-corrected chi connectivity index (χ0v) is 12.3. The predicted molar refractivity (Wildman–Crippen MR) is 80.2 cm³/mol. The van der Waals surface area contributed by atoms with E-state index in [9.17, 15) is 8.42 Å². The molecule has 0 amide bonds. The largest absolute Gasteiger partial charge is 0.240 e. The Hall–Kier alpha value is -2.40. The number of hydrogen-bond donors (Lipinski definition) is 0. The average Bonchev–Trinajstić information content (AvgIpc) is 3.02. The molecule has 0 atom stereocenters. The molecule has 0 unspecified atom stereocenters. The van der Waals surface area contributed by atoms with Crippen LogP contribution in [0.15, 0.2) is 76.8 Å². The molecule has 4 nitrogen and oxygen atoms in total. The molecule has 1 heterocycles. The summed E-state index contributed by atoms with van der Waals surface area (Å²) in [4.78, 5) is 0.533. The maximum atomic E-state index is 12.8. The van der Waals surface area contributed by atoms with Gasteiger partial charge < -0.3 is 0 Å². The number of benzene rings is 2. The minimum Gasteiger partial charge on any atom is -0.240 e. The summed E-state index contributed by atoms with van der Waals surface area (Å²) >= 11 is 0. The highest BCUT2D eigenvalue weighted by Gasteiger charge is 2.21. The van der Waals surface area contributed by atoms with Gasteiger partial charge in [0.15, 0.2) is 0 Å². The van der Waals surface area contributed by atoms with Crippen molar-refractivity contribution < 1.29 is 8.42 Å². The van der Waals surface area contributed by atoms with E-state index in [1.54, 1.807) is 71.7 Å². The summed E-state index contributed by atoms with van der Waals surface area (Å²) in [7, 11) is -3.57. The third-order valence-corrected chi connectivity index (χ3v) is 5.05. The number of para-hydroxylation sites is 1. The lowest BCUT2D eigenvalue weighted by molar-refractivity contribution is 0.595. The third-order valence-electron chi connectivity index (χ3n) is 3.24. The minimum absolute atomic E-state index is 0.248. The van der Waals surface area contributed by atoms with Crippen molar-refractivity contribution in [3.8, 4) is 5.69 Å². The van der Waals surface area contributed by atoms with E-state index in [-0.39, 0.29) is 9.79 Å². The number of rotatable bonds is 3. The zero-order chi connectivity index (χ0) is 14.9. The van der Waals surface area contributed by atoms with Gasteiger partial charge in [0.25, 0.3) is 0 Å². The highest BCUT2D eigenvalue weighted by molar-refractivity contribution is 7.91. The van der Waals surface area contributed by atoms with E-state index in [0.717, 1.165) is 5.56 Å². The van der Waals surface area contributed by atoms with Gasteiger partial charge in [-0.3, -0.25) is 0 Å². The van der Waals surface area contributed by atoms with Crippen molar-refractivity contribution in [1.82, 2.24) is 9.78 Å². The molecular formula is C16H14N2O2S. The Morgan fingerprint density at radius 3 is 2.33 bits per heavy atom. The molecule has 3 rings (SSSR count). The molecule has 0 N–H and O–H groups in total. The lowest BCUT2D eigenvalue weighted by Crippen LogP contribution is -2.07. The molecule has 2 aromatic carbocycles. The van der Waals surface area contributed by atoms with E-state index in [1.807, 2.05) is 6.92 Å². The second-order valence-electron chi connectivity index (χ2n) is 4.73. The first kappa shape index (κ1) is 13.6. The molecule has 3 aromatic rings. The first-order valence-electron chi connectivity index (χ1n) is 6.50. The van der Waals surface area contributed by atoms with Crippen molar-refractivity contribution in [3.05, 3.63) is 72.6 Å². The van der Waals surface area contributed by atoms with Crippen LogP contribution in [0.1, 0.15) is 5.56 Å². The standard InChI is InChI=1S/C16H14N2O2S/c1-13-7-9-14(10-8-13)21(19,20)16-6-3-2-5-15(16)18-12-4-11-17-18/h2-12H,1H3. The van der Waals surface area contributed by atoms with Crippen LogP contribution in [-0.4, -0.2) is 18.2 Å². The normalized spacial score (nSPS) is 11.5. The SMILES string of the molecule is Cc1ccc(S(=O)(=O)c2ccccc2-n2cccn2)cc1. The lowest BCUT2D eigenvalue weighted by Gasteiger charge is -2.10. The monoisotopic (exact) mass is 298 g/mol. The summed E-state index contributed by atoms with van der Waals surface area (Å²) in [6, 6.07) is 15.5. The fraction of sp³-hybridized carbons (Fsp3) is 0.0625. The van der Waals surface area contributed by atoms with E-state index >= 15 is 0 Å². The van der Waals surface area contributed by atoms with Crippen LogP contribution in [0.2, 0.25) is 0 Å². The fourth-order valence-electron chi connectivity index (χ4n) is 2.13. The van der Waals surface area contributed by atoms with Gasteiger partial charge in [-0.25, -0.2) is 13.1 Å². The third kappa shape index (κ3) is 2.48. The van der Waals surface area contributed by atoms with Gasteiger partial charge >= 0.3 is 0 Å². The Kier molecular flexibility index (Phi) is 3.35. The van der Waals surface area contributed by atoms with Crippen LogP contribution in [0, 0.1) is 6.92 Å². The van der Waals surface area contributed by atoms with Gasteiger partial charge in [0.1, 0.15) is 0 Å². The summed E-state index contributed by atoms with van der Waals surface area (Å²) in [5, 5.41) is 4.12. The molecule has 0 bridgehead atoms. The van der Waals surface area contributed by atoms with Crippen molar-refractivity contribution in [2.24, 2.45) is 0 Å². The van der Waals surface area contributed by atoms with E-state index in [0.29, 0.717) is 5.69 Å². The van der Waals surface area contributed by atoms with Crippen molar-refractivity contribution in [3.63, 3.8) is 0 Å². The molecule has 0 aliphatic rings. The molecule has 0 aliphatic heterocycles. The Morgan fingerprint density at radius 2 is 1.67 bits per heavy atom. The number of hydrogen-bond acceptors (Lipinski definition) is 3. The smallest absolute Gasteiger partial charge is 0.208 e. The summed E-state index contributed by atoms with van der Waals surface area (Å²) < 4.78 is 27.2. The summed E-state index contributed by atoms with van der Waals surface area (Å²) in [5.74, 6) is 0. The molecule has 0 saturated carbocycles. The molecule has 0 fully saturated rings. The second kappa shape index (κ2) is 5.18. The average molecular weight is 298 g/mol. The Balaban J connectivity index is 2.18. The molecule has 0 spiro atoms. The predicted octanol–water partition coefficient (Wildman–Crippen LogP) is 3.01. The van der Waals surface area contributed by atoms with Crippen molar-refractivity contribution in [1.29, 1.82) is 0 Å². The summed E-state index contributed by atoms with van der Waals surface area (Å²) in [6.45, 7) is 1.92. The first-order chi connectivity index (χ1) is 10.1. The van der Waals surface area contributed by atoms with Crippen LogP contribution in [-0.2, 0) is 9.84 Å². The molecule has 0 saturated heterocycles. The van der Waals surface area contributed by atoms with Gasteiger partial charge in [-0.15, -0.1) is 0 Å². The van der Waals surface area contributed by atoms with Gasteiger partial charge in [-0.2, -0.15) is 5.10 Å². The van der Waals surface area contributed by atoms with Crippen LogP contribution in [0.25, 0.3) is 5.69 Å². The van der Waals surface area contributed by atoms with Crippen LogP contribution in [0.3, 0.4) is 0 Å². The molecular weight excluding hydrogens is 284 g/mol. The molecule has 0 radical (unpaired) electrons. The molecule has 1 aromatic heterocycles. The molecule has 106 valence electrons. The molecule has 21 heavy (non-hydrogen) atoms. The number of aryl methyl sites for hydroxylation is 1. The van der Waals surface area contributed by atoms with Gasteiger partial charge in [-0.05, 0) is 37.3 Å². The van der Waals surface area contributed by atoms with Gasteiger partial charge in [0.05, 0.1) is 15.5 Å². The summed E-state index contributed by atoms with van der Waals surface area (Å²) in [6.07, 6.45) is 3.35. The lowest BCUT2D eigenvalue weighted by atomic mass is 10.2. The van der Waals surface area contributed by atoms with Crippen LogP contribution in [0.5, 0.6) is 0 Å². The highest BCUT2D eigenvalue weighted by Crippen LogP contribution is 2.26. The van der Waals surface area contributed by atoms with Crippen LogP contribution in [0.4, 0.5) is 0 Å². The fourth-order valence-corrected chi connectivity index (χ4v) is 3.57. The quantitative estimate of drug-likeness (QED) is 0.747. The minimum atomic E-state index is -3.57. The zero-order valence-electron chi connectivity index (χ0n) is 11.5. The van der Waals surface area contributed by atoms with E-state index < -0.39 is 9.84 Å². The number of sulfone groups is 1. The van der Waals surface area contributed by atoms with E-state index in [1.165, 1.54) is 0 Å². The number of nitrogens with zero attached hydrogens (tertiary/aromatic N) is 2. The van der Waals surface area contributed by atoms with Crippen molar-refractivity contribution >= 4 is 9.84 Å². The topological polar surface area (TPSA) is 52.0 Å². The Bertz CT molecular complexity index is 852. The maximum Gasteiger partial charge on any atom is 0.208 e. The van der Waals surface area contributed by atoms with E-state index in [4.69, 9.17) is 0 Å². The summed E-state index contributed by atoms with van der Waals surface area (Å²) in [5.41, 5.74) is 1.57. The van der Waals surface area contributed by atoms with Gasteiger partial charge in [0.2, 0.25) is 9.84 Å². The highest BCUT2D eigenvalue weighted by atomic mass is 32.2. The molecule has 0 aliphatic carbocycles. The second-order valence-corrected chi connectivity index (χ2v) is 6.65. The van der Waals surface area contributed by atoms with Crippen molar-refractivity contribution in [2.75, 3.05) is 0 Å². The van der Waals surface area contributed by atoms with Crippen molar-refractivity contribution in [2.45, 2.75) is 16.7 Å². The molecule has 5 heteroatoms. The van der Waals surface area contributed by atoms with Crippen LogP contribution >= 0.6 is 0 Å². The first-order valence-corrected chi connectivity index (χ1v) is 7.98. The van der Waals surface area contributed by atoms with E-state index in [2.05, 4.69) is 5.10 Å². The van der Waals surface area contributed by atoms with Gasteiger partial charge in [0, 0.05) is 12.4 Å². The maximum absolute atomic E-state index is 12.8. The van der Waals surface area contributed by atoms with Crippen LogP contribution < -0.4 is 0 Å². The Morgan fingerprint density at radius 1 is 0.952 bits per heavy atom. The Labute approximate surface area is 123 Å². The van der Waals surface area contributed by atoms with Gasteiger partial charge in [-0.1, -0.05) is 29.8 Å². The number of aromatic nitrogens is 2.